The molecule has 152 valence electrons. The van der Waals surface area contributed by atoms with Crippen LogP contribution in [0.15, 0.2) is 53.5 Å². The Morgan fingerprint density at radius 3 is 2.69 bits per heavy atom. The van der Waals surface area contributed by atoms with Gasteiger partial charge in [0, 0.05) is 35.9 Å². The number of hydrogen-bond acceptors (Lipinski definition) is 3. The minimum absolute atomic E-state index is 0.0355. The quantitative estimate of drug-likeness (QED) is 0.722. The van der Waals surface area contributed by atoms with E-state index in [-0.39, 0.29) is 5.41 Å². The van der Waals surface area contributed by atoms with Crippen LogP contribution in [0.4, 0.5) is 5.69 Å². The van der Waals surface area contributed by atoms with E-state index in [2.05, 4.69) is 35.2 Å². The first-order valence-corrected chi connectivity index (χ1v) is 10.9. The van der Waals surface area contributed by atoms with Crippen LogP contribution in [0, 0.1) is 5.41 Å². The van der Waals surface area contributed by atoms with Crippen molar-refractivity contribution < 1.29 is 9.47 Å². The molecule has 0 bridgehead atoms. The number of ether oxygens (including phenoxy) is 2. The SMILES string of the molecule is Clc1cccc(CN=C2N(C3CCOC3)c3ccccc3CC23CCOCC3)c1. The lowest BCUT2D eigenvalue weighted by Crippen LogP contribution is -2.55. The van der Waals surface area contributed by atoms with Gasteiger partial charge < -0.3 is 14.4 Å². The van der Waals surface area contributed by atoms with Gasteiger partial charge in [-0.15, -0.1) is 0 Å². The van der Waals surface area contributed by atoms with Gasteiger partial charge in [-0.1, -0.05) is 41.9 Å². The summed E-state index contributed by atoms with van der Waals surface area (Å²) in [6.45, 7) is 3.82. The molecule has 0 radical (unpaired) electrons. The highest BCUT2D eigenvalue weighted by atomic mass is 35.5. The minimum atomic E-state index is 0.0355. The highest BCUT2D eigenvalue weighted by Crippen LogP contribution is 2.46. The molecule has 3 aliphatic rings. The maximum Gasteiger partial charge on any atom is 0.111 e. The van der Waals surface area contributed by atoms with Gasteiger partial charge in [0.25, 0.3) is 0 Å². The third-order valence-electron chi connectivity index (χ3n) is 6.50. The molecule has 1 spiro atoms. The molecule has 2 aromatic rings. The lowest BCUT2D eigenvalue weighted by molar-refractivity contribution is 0.0436. The van der Waals surface area contributed by atoms with Gasteiger partial charge in [-0.05, 0) is 55.0 Å². The van der Waals surface area contributed by atoms with Crippen molar-refractivity contribution in [1.29, 1.82) is 0 Å². The van der Waals surface area contributed by atoms with Gasteiger partial charge in [0.2, 0.25) is 0 Å². The average molecular weight is 411 g/mol. The standard InChI is InChI=1S/C24H27ClN2O2/c25-20-6-3-4-18(14-20)16-26-23-24(9-12-28-13-10-24)15-19-5-1-2-7-22(19)27(23)21-8-11-29-17-21/h1-7,14,21H,8-13,15-17H2. The molecule has 3 heterocycles. The van der Waals surface area contributed by atoms with Gasteiger partial charge in [-0.2, -0.15) is 0 Å². The van der Waals surface area contributed by atoms with E-state index in [0.29, 0.717) is 12.6 Å². The number of benzene rings is 2. The number of amidine groups is 1. The van der Waals surface area contributed by atoms with Gasteiger partial charge in [0.15, 0.2) is 0 Å². The van der Waals surface area contributed by atoms with Crippen LogP contribution in [-0.4, -0.2) is 38.3 Å². The maximum absolute atomic E-state index is 6.22. The number of para-hydroxylation sites is 1. The van der Waals surface area contributed by atoms with Crippen molar-refractivity contribution in [3.8, 4) is 0 Å². The molecule has 5 rings (SSSR count). The zero-order valence-electron chi connectivity index (χ0n) is 16.6. The molecule has 0 N–H and O–H groups in total. The summed E-state index contributed by atoms with van der Waals surface area (Å²) < 4.78 is 11.5. The van der Waals surface area contributed by atoms with E-state index in [1.807, 2.05) is 18.2 Å². The summed E-state index contributed by atoms with van der Waals surface area (Å²) in [5.41, 5.74) is 3.90. The summed E-state index contributed by atoms with van der Waals surface area (Å²) in [7, 11) is 0. The van der Waals surface area contributed by atoms with Crippen molar-refractivity contribution >= 4 is 23.1 Å². The van der Waals surface area contributed by atoms with Crippen molar-refractivity contribution in [2.24, 2.45) is 10.4 Å². The maximum atomic E-state index is 6.22. The van der Waals surface area contributed by atoms with E-state index in [9.17, 15) is 0 Å². The second-order valence-corrected chi connectivity index (χ2v) is 8.79. The second kappa shape index (κ2) is 8.10. The Balaban J connectivity index is 1.60. The number of rotatable bonds is 3. The van der Waals surface area contributed by atoms with Crippen LogP contribution in [0.2, 0.25) is 5.02 Å². The molecule has 3 aliphatic heterocycles. The Hall–Kier alpha value is -1.88. The first-order chi connectivity index (χ1) is 14.3. The Bertz CT molecular complexity index is 901. The Kier molecular flexibility index (Phi) is 5.33. The molecule has 1 atom stereocenters. The first kappa shape index (κ1) is 19.1. The first-order valence-electron chi connectivity index (χ1n) is 10.6. The summed E-state index contributed by atoms with van der Waals surface area (Å²) >= 11 is 6.22. The summed E-state index contributed by atoms with van der Waals surface area (Å²) in [5.74, 6) is 1.22. The number of fused-ring (bicyclic) bond motifs is 1. The molecule has 0 saturated carbocycles. The fraction of sp³-hybridized carbons (Fsp3) is 0.458. The van der Waals surface area contributed by atoms with Gasteiger partial charge in [0.05, 0.1) is 19.2 Å². The Morgan fingerprint density at radius 1 is 1.03 bits per heavy atom. The molecular formula is C24H27ClN2O2. The fourth-order valence-electron chi connectivity index (χ4n) is 5.01. The lowest BCUT2D eigenvalue weighted by Gasteiger charge is -2.49. The summed E-state index contributed by atoms with van der Waals surface area (Å²) in [4.78, 5) is 7.77. The Morgan fingerprint density at radius 2 is 1.90 bits per heavy atom. The van der Waals surface area contributed by atoms with Crippen molar-refractivity contribution in [2.45, 2.75) is 38.3 Å². The van der Waals surface area contributed by atoms with E-state index in [1.165, 1.54) is 17.1 Å². The molecule has 2 fully saturated rings. The molecule has 0 aromatic heterocycles. The van der Waals surface area contributed by atoms with E-state index in [4.69, 9.17) is 26.1 Å². The molecule has 0 aliphatic carbocycles. The summed E-state index contributed by atoms with van der Waals surface area (Å²) in [5, 5.41) is 0.763. The number of nitrogens with zero attached hydrogens (tertiary/aromatic N) is 2. The van der Waals surface area contributed by atoms with Crippen LogP contribution in [0.25, 0.3) is 0 Å². The van der Waals surface area contributed by atoms with Crippen molar-refractivity contribution in [1.82, 2.24) is 0 Å². The third-order valence-corrected chi connectivity index (χ3v) is 6.74. The molecule has 2 saturated heterocycles. The fourth-order valence-corrected chi connectivity index (χ4v) is 5.22. The zero-order chi connectivity index (χ0) is 19.7. The van der Waals surface area contributed by atoms with E-state index >= 15 is 0 Å². The van der Waals surface area contributed by atoms with Crippen LogP contribution in [0.3, 0.4) is 0 Å². The molecular weight excluding hydrogens is 384 g/mol. The molecule has 4 nitrogen and oxygen atoms in total. The number of hydrogen-bond donors (Lipinski definition) is 0. The second-order valence-electron chi connectivity index (χ2n) is 8.36. The molecule has 0 amide bonds. The number of anilines is 1. The predicted octanol–water partition coefficient (Wildman–Crippen LogP) is 4.89. The highest BCUT2D eigenvalue weighted by molar-refractivity contribution is 6.30. The molecule has 29 heavy (non-hydrogen) atoms. The van der Waals surface area contributed by atoms with Crippen molar-refractivity contribution in [3.05, 3.63) is 64.7 Å². The summed E-state index contributed by atoms with van der Waals surface area (Å²) in [6.07, 6.45) is 4.10. The van der Waals surface area contributed by atoms with Gasteiger partial charge >= 0.3 is 0 Å². The van der Waals surface area contributed by atoms with E-state index < -0.39 is 0 Å². The highest BCUT2D eigenvalue weighted by Gasteiger charge is 2.47. The Labute approximate surface area is 177 Å². The largest absolute Gasteiger partial charge is 0.381 e. The van der Waals surface area contributed by atoms with Crippen LogP contribution in [0.5, 0.6) is 0 Å². The van der Waals surface area contributed by atoms with Crippen LogP contribution in [0.1, 0.15) is 30.4 Å². The number of aliphatic imine (C=N–C) groups is 1. The van der Waals surface area contributed by atoms with E-state index in [1.54, 1.807) is 0 Å². The molecule has 2 aromatic carbocycles. The predicted molar refractivity (Wildman–Crippen MR) is 117 cm³/mol. The smallest absolute Gasteiger partial charge is 0.111 e. The minimum Gasteiger partial charge on any atom is -0.381 e. The topological polar surface area (TPSA) is 34.1 Å². The van der Waals surface area contributed by atoms with E-state index in [0.717, 1.165) is 62.7 Å². The average Bonchev–Trinajstić information content (AvgIpc) is 3.27. The van der Waals surface area contributed by atoms with Gasteiger partial charge in [-0.25, -0.2) is 0 Å². The molecule has 1 unspecified atom stereocenters. The van der Waals surface area contributed by atoms with Crippen molar-refractivity contribution in [2.75, 3.05) is 31.3 Å². The summed E-state index contributed by atoms with van der Waals surface area (Å²) in [6, 6.07) is 17.2. The van der Waals surface area contributed by atoms with Crippen LogP contribution >= 0.6 is 11.6 Å². The van der Waals surface area contributed by atoms with Gasteiger partial charge in [0.1, 0.15) is 5.84 Å². The van der Waals surface area contributed by atoms with Crippen LogP contribution < -0.4 is 4.90 Å². The van der Waals surface area contributed by atoms with Gasteiger partial charge in [-0.3, -0.25) is 4.99 Å². The third kappa shape index (κ3) is 3.70. The normalized spacial score (nSPS) is 24.8. The number of halogens is 1. The van der Waals surface area contributed by atoms with Crippen LogP contribution in [-0.2, 0) is 22.4 Å². The molecule has 5 heteroatoms. The lowest BCUT2D eigenvalue weighted by atomic mass is 9.70. The monoisotopic (exact) mass is 410 g/mol. The zero-order valence-corrected chi connectivity index (χ0v) is 17.4. The van der Waals surface area contributed by atoms with Crippen molar-refractivity contribution in [3.63, 3.8) is 0 Å².